The van der Waals surface area contributed by atoms with E-state index in [9.17, 15) is 4.79 Å². The largest absolute Gasteiger partial charge is 0.472 e. The van der Waals surface area contributed by atoms with Gasteiger partial charge in [-0.3, -0.25) is 9.69 Å². The van der Waals surface area contributed by atoms with Crippen molar-refractivity contribution in [3.05, 3.63) is 11.5 Å². The number of hydrogen-bond acceptors (Lipinski definition) is 5. The lowest BCUT2D eigenvalue weighted by molar-refractivity contribution is -0.133. The van der Waals surface area contributed by atoms with Gasteiger partial charge in [-0.25, -0.2) is 4.98 Å². The molecule has 0 bridgehead atoms. The maximum atomic E-state index is 12.7. The van der Waals surface area contributed by atoms with Gasteiger partial charge >= 0.3 is 0 Å². The third-order valence-electron chi connectivity index (χ3n) is 3.87. The van der Waals surface area contributed by atoms with Crippen LogP contribution in [0.3, 0.4) is 0 Å². The normalized spacial score (nSPS) is 21.9. The average Bonchev–Trinajstić information content (AvgIpc) is 2.46. The zero-order valence-corrected chi connectivity index (χ0v) is 12.9. The lowest BCUT2D eigenvalue weighted by Gasteiger charge is -2.39. The molecule has 1 fully saturated rings. The summed E-state index contributed by atoms with van der Waals surface area (Å²) in [7, 11) is 0. The van der Waals surface area contributed by atoms with E-state index in [1.54, 1.807) is 18.7 Å². The molecule has 0 radical (unpaired) electrons. The Morgan fingerprint density at radius 3 is 2.86 bits per heavy atom. The summed E-state index contributed by atoms with van der Waals surface area (Å²) in [4.78, 5) is 22.5. The molecule has 0 N–H and O–H groups in total. The van der Waals surface area contributed by atoms with E-state index >= 15 is 0 Å². The van der Waals surface area contributed by atoms with Crippen LogP contribution in [-0.2, 0) is 9.53 Å². The average molecular weight is 312 g/mol. The number of carbonyl (C=O) groups excluding carboxylic acids is 1. The molecule has 0 saturated carbocycles. The van der Waals surface area contributed by atoms with E-state index in [2.05, 4.69) is 9.97 Å². The Bertz CT molecular complexity index is 558. The molecule has 2 aliphatic rings. The SMILES string of the molecule is CC1(C)Oc2cnc(Cl)nc2N(CC2CCOCC2)C1=O. The number of fused-ring (bicyclic) bond motifs is 1. The molecular formula is C14H18ClN3O3. The van der Waals surface area contributed by atoms with Crippen LogP contribution in [0.25, 0.3) is 0 Å². The summed E-state index contributed by atoms with van der Waals surface area (Å²) in [6.45, 7) is 5.59. The van der Waals surface area contributed by atoms with Crippen LogP contribution in [0.5, 0.6) is 5.75 Å². The molecule has 3 rings (SSSR count). The second-order valence-electron chi connectivity index (χ2n) is 5.91. The highest BCUT2D eigenvalue weighted by molar-refractivity contribution is 6.28. The van der Waals surface area contributed by atoms with Gasteiger partial charge in [0.1, 0.15) is 0 Å². The molecule has 6 nitrogen and oxygen atoms in total. The maximum Gasteiger partial charge on any atom is 0.271 e. The number of anilines is 1. The second kappa shape index (κ2) is 5.42. The number of halogens is 1. The van der Waals surface area contributed by atoms with Gasteiger partial charge in [-0.15, -0.1) is 0 Å². The minimum absolute atomic E-state index is 0.101. The van der Waals surface area contributed by atoms with Crippen molar-refractivity contribution >= 4 is 23.3 Å². The predicted molar refractivity (Wildman–Crippen MR) is 77.6 cm³/mol. The highest BCUT2D eigenvalue weighted by Crippen LogP contribution is 2.37. The van der Waals surface area contributed by atoms with E-state index in [1.807, 2.05) is 0 Å². The zero-order chi connectivity index (χ0) is 15.0. The first-order chi connectivity index (χ1) is 9.97. The molecule has 21 heavy (non-hydrogen) atoms. The van der Waals surface area contributed by atoms with E-state index in [0.717, 1.165) is 26.1 Å². The van der Waals surface area contributed by atoms with Gasteiger partial charge in [0.05, 0.1) is 6.20 Å². The molecule has 0 unspecified atom stereocenters. The number of carbonyl (C=O) groups is 1. The van der Waals surface area contributed by atoms with Gasteiger partial charge in [0.25, 0.3) is 5.91 Å². The highest BCUT2D eigenvalue weighted by atomic mass is 35.5. The lowest BCUT2D eigenvalue weighted by Crippen LogP contribution is -2.54. The zero-order valence-electron chi connectivity index (χ0n) is 12.1. The Hall–Kier alpha value is -1.40. The molecular weight excluding hydrogens is 294 g/mol. The van der Waals surface area contributed by atoms with Crippen molar-refractivity contribution in [1.29, 1.82) is 0 Å². The summed E-state index contributed by atoms with van der Waals surface area (Å²) in [5.74, 6) is 1.26. The van der Waals surface area contributed by atoms with Crippen molar-refractivity contribution in [2.45, 2.75) is 32.3 Å². The standard InChI is InChI=1S/C14H18ClN3O3/c1-14(2)12(19)18(8-9-3-5-20-6-4-9)11-10(21-14)7-16-13(15)17-11/h7,9H,3-6,8H2,1-2H3. The van der Waals surface area contributed by atoms with Crippen LogP contribution in [0.4, 0.5) is 5.82 Å². The summed E-state index contributed by atoms with van der Waals surface area (Å²) in [5, 5.41) is 0.113. The van der Waals surface area contributed by atoms with Gasteiger partial charge in [-0.05, 0) is 44.2 Å². The van der Waals surface area contributed by atoms with Crippen LogP contribution in [0.2, 0.25) is 5.28 Å². The number of ether oxygens (including phenoxy) is 2. The number of amides is 1. The number of hydrogen-bond donors (Lipinski definition) is 0. The fourth-order valence-corrected chi connectivity index (χ4v) is 2.83. The molecule has 3 heterocycles. The minimum atomic E-state index is -0.921. The van der Waals surface area contributed by atoms with Crippen LogP contribution >= 0.6 is 11.6 Å². The van der Waals surface area contributed by atoms with Gasteiger partial charge < -0.3 is 9.47 Å². The molecule has 1 aromatic rings. The molecule has 2 aliphatic heterocycles. The van der Waals surface area contributed by atoms with E-state index in [-0.39, 0.29) is 11.2 Å². The first kappa shape index (κ1) is 14.5. The van der Waals surface area contributed by atoms with Gasteiger partial charge in [0.2, 0.25) is 5.28 Å². The van der Waals surface area contributed by atoms with Crippen LogP contribution in [0.15, 0.2) is 6.20 Å². The number of aromatic nitrogens is 2. The van der Waals surface area contributed by atoms with Crippen molar-refractivity contribution in [1.82, 2.24) is 9.97 Å². The molecule has 114 valence electrons. The van der Waals surface area contributed by atoms with E-state index in [0.29, 0.717) is 24.0 Å². The van der Waals surface area contributed by atoms with Crippen LogP contribution in [0, 0.1) is 5.92 Å². The second-order valence-corrected chi connectivity index (χ2v) is 6.25. The van der Waals surface area contributed by atoms with Gasteiger partial charge in [0.15, 0.2) is 17.2 Å². The molecule has 0 aliphatic carbocycles. The van der Waals surface area contributed by atoms with Gasteiger partial charge in [-0.2, -0.15) is 4.98 Å². The van der Waals surface area contributed by atoms with Crippen molar-refractivity contribution in [3.8, 4) is 5.75 Å². The minimum Gasteiger partial charge on any atom is -0.472 e. The molecule has 0 atom stereocenters. The molecule has 0 aromatic carbocycles. The van der Waals surface area contributed by atoms with E-state index in [1.165, 1.54) is 6.20 Å². The highest BCUT2D eigenvalue weighted by Gasteiger charge is 2.42. The van der Waals surface area contributed by atoms with E-state index in [4.69, 9.17) is 21.1 Å². The van der Waals surface area contributed by atoms with Gasteiger partial charge in [-0.1, -0.05) is 0 Å². The molecule has 1 saturated heterocycles. The van der Waals surface area contributed by atoms with Crippen molar-refractivity contribution in [2.24, 2.45) is 5.92 Å². The Morgan fingerprint density at radius 2 is 2.14 bits per heavy atom. The van der Waals surface area contributed by atoms with E-state index < -0.39 is 5.60 Å². The van der Waals surface area contributed by atoms with Crippen molar-refractivity contribution in [3.63, 3.8) is 0 Å². The third-order valence-corrected chi connectivity index (χ3v) is 4.05. The summed E-state index contributed by atoms with van der Waals surface area (Å²) in [5.41, 5.74) is -0.921. The summed E-state index contributed by atoms with van der Waals surface area (Å²) < 4.78 is 11.1. The number of nitrogens with zero attached hydrogens (tertiary/aromatic N) is 3. The van der Waals surface area contributed by atoms with Crippen LogP contribution < -0.4 is 9.64 Å². The Labute approximate surface area is 128 Å². The van der Waals surface area contributed by atoms with Gasteiger partial charge in [0, 0.05) is 19.8 Å². The monoisotopic (exact) mass is 311 g/mol. The topological polar surface area (TPSA) is 64.6 Å². The molecule has 0 spiro atoms. The summed E-state index contributed by atoms with van der Waals surface area (Å²) in [6.07, 6.45) is 3.41. The fourth-order valence-electron chi connectivity index (χ4n) is 2.70. The third kappa shape index (κ3) is 2.82. The molecule has 1 aromatic heterocycles. The summed E-state index contributed by atoms with van der Waals surface area (Å²) in [6, 6.07) is 0. The Kier molecular flexibility index (Phi) is 3.75. The Morgan fingerprint density at radius 1 is 1.43 bits per heavy atom. The van der Waals surface area contributed by atoms with Crippen LogP contribution in [0.1, 0.15) is 26.7 Å². The van der Waals surface area contributed by atoms with Crippen molar-refractivity contribution < 1.29 is 14.3 Å². The predicted octanol–water partition coefficient (Wildman–Crippen LogP) is 2.06. The lowest BCUT2D eigenvalue weighted by atomic mass is 9.97. The Balaban J connectivity index is 1.92. The fraction of sp³-hybridized carbons (Fsp3) is 0.643. The number of rotatable bonds is 2. The quantitative estimate of drug-likeness (QED) is 0.782. The molecule has 1 amide bonds. The van der Waals surface area contributed by atoms with Crippen LogP contribution in [-0.4, -0.2) is 41.2 Å². The smallest absolute Gasteiger partial charge is 0.271 e. The summed E-state index contributed by atoms with van der Waals surface area (Å²) >= 11 is 5.87. The molecule has 7 heteroatoms. The first-order valence-electron chi connectivity index (χ1n) is 7.08. The maximum absolute atomic E-state index is 12.7. The van der Waals surface area contributed by atoms with Crippen molar-refractivity contribution in [2.75, 3.05) is 24.7 Å². The first-order valence-corrected chi connectivity index (χ1v) is 7.46.